The van der Waals surface area contributed by atoms with E-state index in [4.69, 9.17) is 9.11 Å². The first-order valence-corrected chi connectivity index (χ1v) is 6.65. The smallest absolute Gasteiger partial charge is 0.267 e. The van der Waals surface area contributed by atoms with Gasteiger partial charge in [0, 0.05) is 5.75 Å². The maximum atomic E-state index is 10.5. The second kappa shape index (κ2) is 5.69. The van der Waals surface area contributed by atoms with Gasteiger partial charge in [-0.1, -0.05) is 6.42 Å². The van der Waals surface area contributed by atoms with Gasteiger partial charge in [0.2, 0.25) is 0 Å². The molecule has 0 amide bonds. The molecule has 0 aromatic heterocycles. The fourth-order valence-electron chi connectivity index (χ4n) is 0.806. The van der Waals surface area contributed by atoms with Crippen LogP contribution >= 0.6 is 0 Å². The largest absolute Gasteiger partial charge is 0.306 e. The molecule has 2 unspecified atom stereocenters. The maximum Gasteiger partial charge on any atom is 0.267 e. The Balaban J connectivity index is 3.61. The molecule has 0 fully saturated rings. The highest BCUT2D eigenvalue weighted by molar-refractivity contribution is 7.86. The summed E-state index contributed by atoms with van der Waals surface area (Å²) in [7, 11) is -3.94. The molecule has 0 saturated carbocycles. The molecule has 13 heavy (non-hydrogen) atoms. The van der Waals surface area contributed by atoms with Crippen LogP contribution in [0.3, 0.4) is 0 Å². The van der Waals surface area contributed by atoms with Crippen LogP contribution in [0.2, 0.25) is 0 Å². The second-order valence-corrected chi connectivity index (χ2v) is 5.73. The summed E-state index contributed by atoms with van der Waals surface area (Å²) in [6.45, 7) is 1.41. The van der Waals surface area contributed by atoms with Crippen LogP contribution < -0.4 is 0 Å². The summed E-state index contributed by atoms with van der Waals surface area (Å²) in [5.41, 5.74) is 0. The van der Waals surface area contributed by atoms with Crippen molar-refractivity contribution in [1.29, 1.82) is 0 Å². The van der Waals surface area contributed by atoms with E-state index in [0.29, 0.717) is 19.3 Å². The van der Waals surface area contributed by atoms with Crippen LogP contribution in [0.15, 0.2) is 0 Å². The van der Waals surface area contributed by atoms with Crippen LogP contribution in [0.1, 0.15) is 26.2 Å². The molecule has 0 rings (SSSR count). The summed E-state index contributed by atoms with van der Waals surface area (Å²) in [6.07, 6.45) is 1.33. The fourth-order valence-corrected chi connectivity index (χ4v) is 1.72. The zero-order valence-electron chi connectivity index (χ0n) is 7.34. The Hall–Kier alpha value is 0.0200. The lowest BCUT2D eigenvalue weighted by Gasteiger charge is -2.06. The highest BCUT2D eigenvalue weighted by Crippen LogP contribution is 2.08. The third-order valence-corrected chi connectivity index (χ3v) is 3.58. The van der Waals surface area contributed by atoms with Gasteiger partial charge in [0.05, 0.1) is 5.25 Å². The summed E-state index contributed by atoms with van der Waals surface area (Å²) in [5.74, 6) is 0.151. The third kappa shape index (κ3) is 7.12. The zero-order chi connectivity index (χ0) is 10.5. The van der Waals surface area contributed by atoms with Crippen molar-refractivity contribution in [2.75, 3.05) is 5.75 Å². The molecule has 80 valence electrons. The average molecular weight is 230 g/mol. The molecule has 2 N–H and O–H groups in total. The molecule has 0 aliphatic heterocycles. The molecule has 0 aromatic carbocycles. The van der Waals surface area contributed by atoms with E-state index in [2.05, 4.69) is 0 Å². The molecule has 7 heteroatoms. The topological polar surface area (TPSA) is 91.7 Å². The standard InChI is InChI=1S/C6H14O5S2/c1-6(13(9,10)11)4-2-3-5-12(7)8/h6H,2-5H2,1H3,(H,7,8)(H,9,10,11). The average Bonchev–Trinajstić information content (AvgIpc) is 1.95. The van der Waals surface area contributed by atoms with Crippen molar-refractivity contribution in [1.82, 2.24) is 0 Å². The van der Waals surface area contributed by atoms with Gasteiger partial charge in [0.15, 0.2) is 11.1 Å². The highest BCUT2D eigenvalue weighted by Gasteiger charge is 2.16. The van der Waals surface area contributed by atoms with Gasteiger partial charge in [-0.3, -0.25) is 4.55 Å². The molecule has 0 spiro atoms. The van der Waals surface area contributed by atoms with Crippen LogP contribution in [0.5, 0.6) is 0 Å². The molecule has 0 aromatic rings. The fraction of sp³-hybridized carbons (Fsp3) is 1.00. The van der Waals surface area contributed by atoms with Crippen molar-refractivity contribution in [2.45, 2.75) is 31.4 Å². The Labute approximate surface area is 80.6 Å². The normalized spacial score (nSPS) is 16.8. The van der Waals surface area contributed by atoms with Crippen LogP contribution in [0.4, 0.5) is 0 Å². The highest BCUT2D eigenvalue weighted by atomic mass is 32.2. The molecule has 2 atom stereocenters. The van der Waals surface area contributed by atoms with Gasteiger partial charge in [-0.05, 0) is 19.8 Å². The molecule has 0 heterocycles. The molecular formula is C6H14O5S2. The number of hydrogen-bond donors (Lipinski definition) is 2. The SMILES string of the molecule is CC(CCCCS(=O)O)S(=O)(=O)O. The molecule has 0 bridgehead atoms. The van der Waals surface area contributed by atoms with E-state index in [1.165, 1.54) is 6.92 Å². The van der Waals surface area contributed by atoms with Gasteiger partial charge >= 0.3 is 0 Å². The monoisotopic (exact) mass is 230 g/mol. The quantitative estimate of drug-likeness (QED) is 0.397. The minimum absolute atomic E-state index is 0.151. The van der Waals surface area contributed by atoms with E-state index < -0.39 is 26.4 Å². The lowest BCUT2D eigenvalue weighted by atomic mass is 10.2. The molecule has 0 aliphatic carbocycles. The van der Waals surface area contributed by atoms with Crippen LogP contribution in [-0.2, 0) is 21.2 Å². The first-order chi connectivity index (χ1) is 5.84. The lowest BCUT2D eigenvalue weighted by Crippen LogP contribution is -2.16. The predicted molar refractivity (Wildman–Crippen MR) is 50.5 cm³/mol. The maximum absolute atomic E-state index is 10.5. The Morgan fingerprint density at radius 2 is 1.92 bits per heavy atom. The van der Waals surface area contributed by atoms with Gasteiger partial charge in [0.1, 0.15) is 0 Å². The molecular weight excluding hydrogens is 216 g/mol. The van der Waals surface area contributed by atoms with Crippen LogP contribution in [0.25, 0.3) is 0 Å². The molecule has 0 radical (unpaired) electrons. The van der Waals surface area contributed by atoms with Crippen LogP contribution in [-0.4, -0.2) is 32.7 Å². The molecule has 0 saturated heterocycles. The second-order valence-electron chi connectivity index (χ2n) is 2.85. The lowest BCUT2D eigenvalue weighted by molar-refractivity contribution is 0.463. The van der Waals surface area contributed by atoms with Gasteiger partial charge in [-0.2, -0.15) is 8.42 Å². The first-order valence-electron chi connectivity index (χ1n) is 3.88. The summed E-state index contributed by atoms with van der Waals surface area (Å²) < 4.78 is 48.1. The van der Waals surface area contributed by atoms with E-state index in [0.717, 1.165) is 0 Å². The summed E-state index contributed by atoms with van der Waals surface area (Å²) in [6, 6.07) is 0. The van der Waals surface area contributed by atoms with E-state index >= 15 is 0 Å². The Morgan fingerprint density at radius 1 is 1.38 bits per heavy atom. The van der Waals surface area contributed by atoms with E-state index in [-0.39, 0.29) is 5.75 Å². The summed E-state index contributed by atoms with van der Waals surface area (Å²) in [4.78, 5) is 0. The summed E-state index contributed by atoms with van der Waals surface area (Å²) in [5, 5.41) is -0.792. The number of unbranched alkanes of at least 4 members (excludes halogenated alkanes) is 1. The van der Waals surface area contributed by atoms with Gasteiger partial charge in [0.25, 0.3) is 10.1 Å². The minimum Gasteiger partial charge on any atom is -0.306 e. The Bertz CT molecular complexity index is 258. The van der Waals surface area contributed by atoms with Crippen molar-refractivity contribution in [2.24, 2.45) is 0 Å². The van der Waals surface area contributed by atoms with Gasteiger partial charge < -0.3 is 4.55 Å². The predicted octanol–water partition coefficient (Wildman–Crippen LogP) is 0.655. The van der Waals surface area contributed by atoms with E-state index in [1.807, 2.05) is 0 Å². The molecule has 5 nitrogen and oxygen atoms in total. The van der Waals surface area contributed by atoms with Crippen molar-refractivity contribution >= 4 is 21.2 Å². The van der Waals surface area contributed by atoms with Gasteiger partial charge in [-0.15, -0.1) is 0 Å². The van der Waals surface area contributed by atoms with Gasteiger partial charge in [-0.25, -0.2) is 4.21 Å². The number of hydrogen-bond acceptors (Lipinski definition) is 3. The molecule has 0 aliphatic rings. The van der Waals surface area contributed by atoms with E-state index in [1.54, 1.807) is 0 Å². The van der Waals surface area contributed by atoms with Crippen LogP contribution in [0, 0.1) is 0 Å². The zero-order valence-corrected chi connectivity index (χ0v) is 8.97. The minimum atomic E-state index is -3.94. The number of rotatable bonds is 6. The summed E-state index contributed by atoms with van der Waals surface area (Å²) >= 11 is -1.81. The third-order valence-electron chi connectivity index (χ3n) is 1.69. The first kappa shape index (κ1) is 13.0. The van der Waals surface area contributed by atoms with Crippen molar-refractivity contribution in [3.8, 4) is 0 Å². The van der Waals surface area contributed by atoms with Crippen molar-refractivity contribution < 1.29 is 21.7 Å². The Morgan fingerprint density at radius 3 is 2.31 bits per heavy atom. The van der Waals surface area contributed by atoms with Crippen molar-refractivity contribution in [3.05, 3.63) is 0 Å². The van der Waals surface area contributed by atoms with E-state index in [9.17, 15) is 12.6 Å². The Kier molecular flexibility index (Phi) is 5.70. The van der Waals surface area contributed by atoms with Crippen molar-refractivity contribution in [3.63, 3.8) is 0 Å².